The predicted octanol–water partition coefficient (Wildman–Crippen LogP) is 3.56. The topological polar surface area (TPSA) is 9.23 Å². The second-order valence-electron chi connectivity index (χ2n) is 3.17. The lowest BCUT2D eigenvalue weighted by Gasteiger charge is -2.34. The molecule has 0 aliphatic rings. The molecule has 0 aromatic carbocycles. The molecule has 1 nitrogen and oxygen atoms in total. The zero-order valence-corrected chi connectivity index (χ0v) is 9.39. The standard InChI is InChI=1S/C7H13Cl3O/c1-5(2)11-6(3,4)7(8,9)10/h5H,1-4H3. The van der Waals surface area contributed by atoms with Crippen molar-refractivity contribution in [3.8, 4) is 0 Å². The molecule has 0 rings (SSSR count). The van der Waals surface area contributed by atoms with E-state index in [0.29, 0.717) is 0 Å². The highest BCUT2D eigenvalue weighted by Crippen LogP contribution is 2.40. The fourth-order valence-electron chi connectivity index (χ4n) is 0.656. The van der Waals surface area contributed by atoms with Gasteiger partial charge in [-0.25, -0.2) is 0 Å². The molecule has 11 heavy (non-hydrogen) atoms. The van der Waals surface area contributed by atoms with Crippen LogP contribution in [-0.2, 0) is 4.74 Å². The molecule has 4 heteroatoms. The van der Waals surface area contributed by atoms with Crippen molar-refractivity contribution in [1.29, 1.82) is 0 Å². The Hall–Kier alpha value is 0.830. The third-order valence-corrected chi connectivity index (χ3v) is 2.58. The van der Waals surface area contributed by atoms with E-state index in [1.54, 1.807) is 13.8 Å². The van der Waals surface area contributed by atoms with Crippen LogP contribution in [0.15, 0.2) is 0 Å². The van der Waals surface area contributed by atoms with Crippen molar-refractivity contribution in [2.24, 2.45) is 0 Å². The van der Waals surface area contributed by atoms with Crippen molar-refractivity contribution in [2.45, 2.75) is 43.2 Å². The summed E-state index contributed by atoms with van der Waals surface area (Å²) in [5.74, 6) is 0. The number of halogens is 3. The summed E-state index contributed by atoms with van der Waals surface area (Å²) in [6.45, 7) is 7.30. The molecule has 0 atom stereocenters. The third-order valence-electron chi connectivity index (χ3n) is 1.21. The first-order valence-corrected chi connectivity index (χ1v) is 4.55. The molecule has 0 aliphatic heterocycles. The molecule has 0 fully saturated rings. The van der Waals surface area contributed by atoms with Crippen LogP contribution in [0.25, 0.3) is 0 Å². The average Bonchev–Trinajstić information content (AvgIpc) is 1.56. The first-order valence-electron chi connectivity index (χ1n) is 3.41. The summed E-state index contributed by atoms with van der Waals surface area (Å²) in [7, 11) is 0. The molecule has 0 unspecified atom stereocenters. The quantitative estimate of drug-likeness (QED) is 0.645. The van der Waals surface area contributed by atoms with Crippen LogP contribution in [0, 0.1) is 0 Å². The molecule has 0 saturated heterocycles. The number of hydrogen-bond donors (Lipinski definition) is 0. The van der Waals surface area contributed by atoms with Gasteiger partial charge in [-0.15, -0.1) is 0 Å². The van der Waals surface area contributed by atoms with Crippen molar-refractivity contribution in [1.82, 2.24) is 0 Å². The first kappa shape index (κ1) is 11.8. The molecule has 0 radical (unpaired) electrons. The van der Waals surface area contributed by atoms with Crippen molar-refractivity contribution < 1.29 is 4.74 Å². The van der Waals surface area contributed by atoms with Gasteiger partial charge in [-0.05, 0) is 27.7 Å². The number of rotatable bonds is 2. The summed E-state index contributed by atoms with van der Waals surface area (Å²) < 4.78 is 4.03. The molecule has 0 N–H and O–H groups in total. The Labute approximate surface area is 83.0 Å². The summed E-state index contributed by atoms with van der Waals surface area (Å²) in [5, 5.41) is 0. The molecule has 0 aliphatic carbocycles. The summed E-state index contributed by atoms with van der Waals surface area (Å²) in [6.07, 6.45) is 0.0561. The van der Waals surface area contributed by atoms with Gasteiger partial charge in [0.15, 0.2) is 0 Å². The minimum absolute atomic E-state index is 0.0561. The van der Waals surface area contributed by atoms with Gasteiger partial charge in [0.05, 0.1) is 6.10 Å². The fraction of sp³-hybridized carbons (Fsp3) is 1.00. The van der Waals surface area contributed by atoms with E-state index in [2.05, 4.69) is 0 Å². The number of hydrogen-bond acceptors (Lipinski definition) is 1. The van der Waals surface area contributed by atoms with E-state index < -0.39 is 9.39 Å². The SMILES string of the molecule is CC(C)OC(C)(C)C(Cl)(Cl)Cl. The van der Waals surface area contributed by atoms with E-state index >= 15 is 0 Å². The Balaban J connectivity index is 4.22. The van der Waals surface area contributed by atoms with E-state index in [-0.39, 0.29) is 6.10 Å². The molecule has 68 valence electrons. The van der Waals surface area contributed by atoms with E-state index in [0.717, 1.165) is 0 Å². The van der Waals surface area contributed by atoms with Crippen LogP contribution in [0.2, 0.25) is 0 Å². The van der Waals surface area contributed by atoms with E-state index in [1.165, 1.54) is 0 Å². The van der Waals surface area contributed by atoms with Gasteiger partial charge >= 0.3 is 0 Å². The van der Waals surface area contributed by atoms with Crippen LogP contribution in [0.1, 0.15) is 27.7 Å². The molecule has 0 heterocycles. The van der Waals surface area contributed by atoms with Crippen LogP contribution in [0.4, 0.5) is 0 Å². The maximum Gasteiger partial charge on any atom is 0.218 e. The molecular weight excluding hydrogens is 206 g/mol. The van der Waals surface area contributed by atoms with Crippen LogP contribution in [-0.4, -0.2) is 15.5 Å². The Kier molecular flexibility index (Phi) is 3.97. The zero-order valence-electron chi connectivity index (χ0n) is 7.12. The predicted molar refractivity (Wildman–Crippen MR) is 50.6 cm³/mol. The van der Waals surface area contributed by atoms with Gasteiger partial charge in [0.25, 0.3) is 0 Å². The minimum atomic E-state index is -1.38. The van der Waals surface area contributed by atoms with Crippen molar-refractivity contribution >= 4 is 34.8 Å². The fourth-order valence-corrected chi connectivity index (χ4v) is 0.790. The molecular formula is C7H13Cl3O. The highest BCUT2D eigenvalue weighted by molar-refractivity contribution is 6.68. The second kappa shape index (κ2) is 3.69. The Morgan fingerprint density at radius 2 is 1.45 bits per heavy atom. The van der Waals surface area contributed by atoms with Crippen molar-refractivity contribution in [2.75, 3.05) is 0 Å². The summed E-state index contributed by atoms with van der Waals surface area (Å²) in [4.78, 5) is 0. The van der Waals surface area contributed by atoms with Crippen LogP contribution in [0.5, 0.6) is 0 Å². The number of ether oxygens (including phenoxy) is 1. The number of alkyl halides is 3. The van der Waals surface area contributed by atoms with Crippen molar-refractivity contribution in [3.63, 3.8) is 0 Å². The highest BCUT2D eigenvalue weighted by Gasteiger charge is 2.42. The maximum atomic E-state index is 5.67. The second-order valence-corrected chi connectivity index (χ2v) is 5.46. The minimum Gasteiger partial charge on any atom is -0.368 e. The average molecular weight is 220 g/mol. The monoisotopic (exact) mass is 218 g/mol. The van der Waals surface area contributed by atoms with Crippen LogP contribution < -0.4 is 0 Å². The first-order chi connectivity index (χ1) is 4.67. The lowest BCUT2D eigenvalue weighted by molar-refractivity contribution is -0.0526. The molecule has 0 aromatic rings. The van der Waals surface area contributed by atoms with Crippen molar-refractivity contribution in [3.05, 3.63) is 0 Å². The van der Waals surface area contributed by atoms with Gasteiger partial charge in [0.2, 0.25) is 3.79 Å². The van der Waals surface area contributed by atoms with Gasteiger partial charge in [-0.3, -0.25) is 0 Å². The normalized spacial score (nSPS) is 14.2. The van der Waals surface area contributed by atoms with E-state index in [1.807, 2.05) is 13.8 Å². The highest BCUT2D eigenvalue weighted by atomic mass is 35.6. The van der Waals surface area contributed by atoms with Gasteiger partial charge in [0, 0.05) is 0 Å². The Bertz CT molecular complexity index is 126. The molecule has 0 bridgehead atoms. The van der Waals surface area contributed by atoms with Gasteiger partial charge in [0.1, 0.15) is 5.60 Å². The largest absolute Gasteiger partial charge is 0.368 e. The van der Waals surface area contributed by atoms with Crippen LogP contribution >= 0.6 is 34.8 Å². The molecule has 0 spiro atoms. The van der Waals surface area contributed by atoms with Crippen LogP contribution in [0.3, 0.4) is 0 Å². The Morgan fingerprint density at radius 3 is 1.55 bits per heavy atom. The lowest BCUT2D eigenvalue weighted by atomic mass is 10.1. The Morgan fingerprint density at radius 1 is 1.09 bits per heavy atom. The summed E-state index contributed by atoms with van der Waals surface area (Å²) in [6, 6.07) is 0. The molecule has 0 amide bonds. The van der Waals surface area contributed by atoms with E-state index in [9.17, 15) is 0 Å². The summed E-state index contributed by atoms with van der Waals surface area (Å²) >= 11 is 17.0. The maximum absolute atomic E-state index is 5.67. The van der Waals surface area contributed by atoms with Gasteiger partial charge in [-0.2, -0.15) is 0 Å². The zero-order chi connectivity index (χ0) is 9.28. The third kappa shape index (κ3) is 3.84. The summed E-state index contributed by atoms with van der Waals surface area (Å²) in [5.41, 5.74) is -0.744. The lowest BCUT2D eigenvalue weighted by Crippen LogP contribution is -2.41. The molecule has 0 aromatic heterocycles. The van der Waals surface area contributed by atoms with E-state index in [4.69, 9.17) is 39.5 Å². The smallest absolute Gasteiger partial charge is 0.218 e. The van der Waals surface area contributed by atoms with Gasteiger partial charge in [-0.1, -0.05) is 34.8 Å². The molecule has 0 saturated carbocycles. The van der Waals surface area contributed by atoms with Gasteiger partial charge < -0.3 is 4.74 Å².